The Hall–Kier alpha value is 0.01000. The minimum Gasteiger partial charge on any atom is -0.310 e. The zero-order chi connectivity index (χ0) is 13.7. The summed E-state index contributed by atoms with van der Waals surface area (Å²) in [5.41, 5.74) is 1.45. The minimum absolute atomic E-state index is 0.434. The molecule has 1 aromatic rings. The number of benzene rings is 1. The predicted octanol–water partition coefficient (Wildman–Crippen LogP) is 5.54. The monoisotopic (exact) mass is 341 g/mol. The first-order chi connectivity index (χ1) is 9.20. The van der Waals surface area contributed by atoms with Crippen LogP contribution < -0.4 is 5.32 Å². The van der Waals surface area contributed by atoms with Crippen molar-refractivity contribution in [2.24, 2.45) is 0 Å². The van der Waals surface area contributed by atoms with Gasteiger partial charge in [0.05, 0.1) is 0 Å². The van der Waals surface area contributed by atoms with E-state index in [0.29, 0.717) is 6.04 Å². The van der Waals surface area contributed by atoms with Gasteiger partial charge in [-0.2, -0.15) is 0 Å². The molecule has 1 fully saturated rings. The molecule has 0 amide bonds. The van der Waals surface area contributed by atoms with Gasteiger partial charge in [-0.1, -0.05) is 48.2 Å². The lowest BCUT2D eigenvalue weighted by Gasteiger charge is -2.24. The molecule has 1 aromatic carbocycles. The average Bonchev–Trinajstić information content (AvgIpc) is 2.40. The van der Waals surface area contributed by atoms with Gasteiger partial charge in [0, 0.05) is 20.7 Å². The van der Waals surface area contributed by atoms with E-state index in [0.717, 1.165) is 11.8 Å². The van der Waals surface area contributed by atoms with Gasteiger partial charge >= 0.3 is 0 Å². The van der Waals surface area contributed by atoms with E-state index < -0.39 is 0 Å². The maximum Gasteiger partial charge on any atom is 0.0302 e. The van der Waals surface area contributed by atoms with Crippen LogP contribution in [-0.4, -0.2) is 11.8 Å². The molecule has 0 aliphatic heterocycles. The van der Waals surface area contributed by atoms with Gasteiger partial charge in [0.1, 0.15) is 0 Å². The standard InChI is InChI=1S/C16H24BrNS/c1-3-18-12(2)15-10-9-13(17)11-16(15)19-14-7-5-4-6-8-14/h9-12,14,18H,3-8H2,1-2H3. The Balaban J connectivity index is 2.14. The fraction of sp³-hybridized carbons (Fsp3) is 0.625. The van der Waals surface area contributed by atoms with Crippen molar-refractivity contribution < 1.29 is 0 Å². The smallest absolute Gasteiger partial charge is 0.0302 e. The normalized spacial score (nSPS) is 18.5. The molecule has 1 nitrogen and oxygen atoms in total. The molecule has 1 saturated carbocycles. The van der Waals surface area contributed by atoms with Crippen molar-refractivity contribution in [3.8, 4) is 0 Å². The average molecular weight is 342 g/mol. The van der Waals surface area contributed by atoms with Gasteiger partial charge < -0.3 is 5.32 Å². The third-order valence-electron chi connectivity index (χ3n) is 3.80. The molecular weight excluding hydrogens is 318 g/mol. The van der Waals surface area contributed by atoms with Crippen LogP contribution >= 0.6 is 27.7 Å². The second kappa shape index (κ2) is 7.70. The van der Waals surface area contributed by atoms with E-state index in [1.54, 1.807) is 0 Å². The van der Waals surface area contributed by atoms with Crippen LogP contribution in [0.5, 0.6) is 0 Å². The molecule has 1 aliphatic rings. The molecule has 0 bridgehead atoms. The van der Waals surface area contributed by atoms with Crippen molar-refractivity contribution in [3.05, 3.63) is 28.2 Å². The number of hydrogen-bond acceptors (Lipinski definition) is 2. The summed E-state index contributed by atoms with van der Waals surface area (Å²) >= 11 is 5.71. The van der Waals surface area contributed by atoms with Crippen LogP contribution in [0.15, 0.2) is 27.6 Å². The lowest BCUT2D eigenvalue weighted by molar-refractivity contribution is 0.515. The van der Waals surface area contributed by atoms with Crippen molar-refractivity contribution in [2.75, 3.05) is 6.54 Å². The third kappa shape index (κ3) is 4.51. The van der Waals surface area contributed by atoms with E-state index in [2.05, 4.69) is 65.1 Å². The van der Waals surface area contributed by atoms with Crippen molar-refractivity contribution in [2.45, 2.75) is 62.1 Å². The summed E-state index contributed by atoms with van der Waals surface area (Å²) in [5.74, 6) is 0. The number of rotatable bonds is 5. The van der Waals surface area contributed by atoms with Crippen LogP contribution in [0.25, 0.3) is 0 Å². The van der Waals surface area contributed by atoms with Crippen molar-refractivity contribution in [3.63, 3.8) is 0 Å². The summed E-state index contributed by atoms with van der Waals surface area (Å²) in [7, 11) is 0. The molecule has 1 N–H and O–H groups in total. The van der Waals surface area contributed by atoms with E-state index in [-0.39, 0.29) is 0 Å². The lowest BCUT2D eigenvalue weighted by Crippen LogP contribution is -2.18. The number of nitrogens with one attached hydrogen (secondary N) is 1. The van der Waals surface area contributed by atoms with Gasteiger partial charge in [-0.05, 0) is 44.0 Å². The van der Waals surface area contributed by atoms with Crippen molar-refractivity contribution >= 4 is 27.7 Å². The van der Waals surface area contributed by atoms with Gasteiger partial charge in [0.25, 0.3) is 0 Å². The van der Waals surface area contributed by atoms with Crippen LogP contribution in [0.3, 0.4) is 0 Å². The first-order valence-corrected chi connectivity index (χ1v) is 9.07. The van der Waals surface area contributed by atoms with E-state index in [1.165, 1.54) is 47.0 Å². The van der Waals surface area contributed by atoms with Gasteiger partial charge in [-0.25, -0.2) is 0 Å². The first-order valence-electron chi connectivity index (χ1n) is 7.40. The molecule has 2 rings (SSSR count). The summed E-state index contributed by atoms with van der Waals surface area (Å²) in [4.78, 5) is 1.45. The summed E-state index contributed by atoms with van der Waals surface area (Å²) in [6, 6.07) is 7.16. The Morgan fingerprint density at radius 1 is 1.32 bits per heavy atom. The lowest BCUT2D eigenvalue weighted by atomic mass is 10.0. The second-order valence-corrected chi connectivity index (χ2v) is 7.60. The number of hydrogen-bond donors (Lipinski definition) is 1. The van der Waals surface area contributed by atoms with Gasteiger partial charge in [-0.15, -0.1) is 11.8 Å². The fourth-order valence-electron chi connectivity index (χ4n) is 2.75. The molecule has 0 spiro atoms. The summed E-state index contributed by atoms with van der Waals surface area (Å²) in [5, 5.41) is 4.35. The topological polar surface area (TPSA) is 12.0 Å². The van der Waals surface area contributed by atoms with Gasteiger partial charge in [0.2, 0.25) is 0 Å². The molecule has 1 atom stereocenters. The fourth-order valence-corrected chi connectivity index (χ4v) is 4.76. The molecule has 19 heavy (non-hydrogen) atoms. The highest BCUT2D eigenvalue weighted by atomic mass is 79.9. The van der Waals surface area contributed by atoms with E-state index in [1.807, 2.05) is 0 Å². The second-order valence-electron chi connectivity index (χ2n) is 5.34. The highest BCUT2D eigenvalue weighted by Gasteiger charge is 2.18. The quantitative estimate of drug-likeness (QED) is 0.753. The van der Waals surface area contributed by atoms with E-state index in [4.69, 9.17) is 0 Å². The predicted molar refractivity (Wildman–Crippen MR) is 89.0 cm³/mol. The van der Waals surface area contributed by atoms with Gasteiger partial charge in [0.15, 0.2) is 0 Å². The van der Waals surface area contributed by atoms with Crippen LogP contribution in [0, 0.1) is 0 Å². The summed E-state index contributed by atoms with van der Waals surface area (Å²) in [6.07, 6.45) is 7.00. The summed E-state index contributed by atoms with van der Waals surface area (Å²) < 4.78 is 1.19. The SMILES string of the molecule is CCNC(C)c1ccc(Br)cc1SC1CCCCC1. The number of thioether (sulfide) groups is 1. The number of halogens is 1. The van der Waals surface area contributed by atoms with E-state index >= 15 is 0 Å². The largest absolute Gasteiger partial charge is 0.310 e. The molecule has 1 unspecified atom stereocenters. The Labute approximate surface area is 130 Å². The third-order valence-corrected chi connectivity index (χ3v) is 5.70. The zero-order valence-corrected chi connectivity index (χ0v) is 14.3. The molecule has 0 heterocycles. The Morgan fingerprint density at radius 2 is 2.05 bits per heavy atom. The van der Waals surface area contributed by atoms with E-state index in [9.17, 15) is 0 Å². The molecule has 0 radical (unpaired) electrons. The highest BCUT2D eigenvalue weighted by Crippen LogP contribution is 2.38. The maximum absolute atomic E-state index is 3.62. The van der Waals surface area contributed by atoms with Crippen LogP contribution in [-0.2, 0) is 0 Å². The van der Waals surface area contributed by atoms with Crippen molar-refractivity contribution in [1.82, 2.24) is 5.32 Å². The zero-order valence-electron chi connectivity index (χ0n) is 11.9. The Morgan fingerprint density at radius 3 is 2.74 bits per heavy atom. The molecule has 0 aromatic heterocycles. The molecule has 1 aliphatic carbocycles. The molecular formula is C16H24BrNS. The van der Waals surface area contributed by atoms with Crippen LogP contribution in [0.4, 0.5) is 0 Å². The molecule has 3 heteroatoms. The molecule has 106 valence electrons. The summed E-state index contributed by atoms with van der Waals surface area (Å²) in [6.45, 7) is 5.45. The van der Waals surface area contributed by atoms with Crippen molar-refractivity contribution in [1.29, 1.82) is 0 Å². The highest BCUT2D eigenvalue weighted by molar-refractivity contribution is 9.10. The van der Waals surface area contributed by atoms with Crippen LogP contribution in [0.1, 0.15) is 57.6 Å². The Bertz CT molecular complexity index is 402. The first kappa shape index (κ1) is 15.4. The molecule has 0 saturated heterocycles. The Kier molecular flexibility index (Phi) is 6.24. The van der Waals surface area contributed by atoms with Crippen LogP contribution in [0.2, 0.25) is 0 Å². The minimum atomic E-state index is 0.434. The van der Waals surface area contributed by atoms with Gasteiger partial charge in [-0.3, -0.25) is 0 Å². The maximum atomic E-state index is 3.62.